The molecule has 0 radical (unpaired) electrons. The number of aromatic nitrogens is 1. The summed E-state index contributed by atoms with van der Waals surface area (Å²) >= 11 is 1.25. The average molecular weight is 399 g/mol. The SMILES string of the molecule is CCOC(=O)Cn1c(=NC(=O)c2ccc(C)c([N+](=O)[O-])c2)sc2ccccc21. The molecule has 0 aliphatic rings. The third kappa shape index (κ3) is 3.99. The number of aryl methyl sites for hydroxylation is 1. The Bertz CT molecular complexity index is 1150. The van der Waals surface area contributed by atoms with E-state index in [1.165, 1.54) is 29.5 Å². The molecule has 3 aromatic rings. The number of rotatable bonds is 5. The summed E-state index contributed by atoms with van der Waals surface area (Å²) in [4.78, 5) is 39.6. The molecule has 0 N–H and O–H groups in total. The van der Waals surface area contributed by atoms with Crippen molar-refractivity contribution < 1.29 is 19.2 Å². The smallest absolute Gasteiger partial charge is 0.326 e. The average Bonchev–Trinajstić information content (AvgIpc) is 2.99. The van der Waals surface area contributed by atoms with E-state index in [4.69, 9.17) is 4.74 Å². The Morgan fingerprint density at radius 2 is 2.00 bits per heavy atom. The lowest BCUT2D eigenvalue weighted by Gasteiger charge is -2.05. The van der Waals surface area contributed by atoms with Gasteiger partial charge in [-0.2, -0.15) is 4.99 Å². The van der Waals surface area contributed by atoms with Crippen LogP contribution in [-0.2, 0) is 16.1 Å². The highest BCUT2D eigenvalue weighted by Gasteiger charge is 2.16. The van der Waals surface area contributed by atoms with Crippen molar-refractivity contribution in [3.8, 4) is 0 Å². The Kier molecular flexibility index (Phi) is 5.65. The van der Waals surface area contributed by atoms with Gasteiger partial charge in [-0.25, -0.2) is 0 Å². The van der Waals surface area contributed by atoms with Gasteiger partial charge in [0.05, 0.1) is 21.7 Å². The van der Waals surface area contributed by atoms with Crippen molar-refractivity contribution in [2.45, 2.75) is 20.4 Å². The zero-order valence-electron chi connectivity index (χ0n) is 15.2. The van der Waals surface area contributed by atoms with Gasteiger partial charge < -0.3 is 9.30 Å². The summed E-state index contributed by atoms with van der Waals surface area (Å²) in [6, 6.07) is 11.6. The number of benzene rings is 2. The van der Waals surface area contributed by atoms with E-state index in [0.29, 0.717) is 10.4 Å². The number of ether oxygens (including phenoxy) is 1. The van der Waals surface area contributed by atoms with Crippen molar-refractivity contribution in [2.75, 3.05) is 6.61 Å². The van der Waals surface area contributed by atoms with E-state index < -0.39 is 16.8 Å². The molecule has 0 aliphatic carbocycles. The first-order chi connectivity index (χ1) is 13.4. The molecule has 0 aliphatic heterocycles. The summed E-state index contributed by atoms with van der Waals surface area (Å²) in [5, 5.41) is 11.1. The van der Waals surface area contributed by atoms with E-state index in [-0.39, 0.29) is 24.4 Å². The molecule has 1 heterocycles. The number of carbonyl (C=O) groups excluding carboxylic acids is 2. The summed E-state index contributed by atoms with van der Waals surface area (Å²) in [7, 11) is 0. The fourth-order valence-electron chi connectivity index (χ4n) is 2.69. The minimum atomic E-state index is -0.618. The number of hydrogen-bond acceptors (Lipinski definition) is 6. The summed E-state index contributed by atoms with van der Waals surface area (Å²) < 4.78 is 7.47. The van der Waals surface area contributed by atoms with E-state index in [9.17, 15) is 19.7 Å². The van der Waals surface area contributed by atoms with Crippen LogP contribution in [0, 0.1) is 17.0 Å². The van der Waals surface area contributed by atoms with Gasteiger partial charge in [0, 0.05) is 17.2 Å². The number of fused-ring (bicyclic) bond motifs is 1. The molecule has 0 saturated heterocycles. The van der Waals surface area contributed by atoms with Crippen molar-refractivity contribution in [3.05, 3.63) is 68.5 Å². The second-order valence-electron chi connectivity index (χ2n) is 5.92. The molecule has 144 valence electrons. The van der Waals surface area contributed by atoms with Crippen molar-refractivity contribution in [1.82, 2.24) is 4.57 Å². The standard InChI is InChI=1S/C19H17N3O5S/c1-3-27-17(23)11-21-14-6-4-5-7-16(14)28-19(21)20-18(24)13-9-8-12(2)15(10-13)22(25)26/h4-10H,3,11H2,1-2H3. The first-order valence-corrected chi connectivity index (χ1v) is 9.30. The van der Waals surface area contributed by atoms with Crippen LogP contribution in [0.3, 0.4) is 0 Å². The fraction of sp³-hybridized carbons (Fsp3) is 0.211. The first kappa shape index (κ1) is 19.4. The highest BCUT2D eigenvalue weighted by Crippen LogP contribution is 2.20. The highest BCUT2D eigenvalue weighted by atomic mass is 32.1. The van der Waals surface area contributed by atoms with Crippen LogP contribution in [0.15, 0.2) is 47.5 Å². The Balaban J connectivity index is 2.08. The quantitative estimate of drug-likeness (QED) is 0.372. The van der Waals surface area contributed by atoms with Gasteiger partial charge in [-0.15, -0.1) is 0 Å². The Labute approximate surface area is 163 Å². The number of thiazole rings is 1. The van der Waals surface area contributed by atoms with Crippen molar-refractivity contribution in [1.29, 1.82) is 0 Å². The Hall–Kier alpha value is -3.33. The van der Waals surface area contributed by atoms with Gasteiger partial charge in [-0.05, 0) is 32.0 Å². The van der Waals surface area contributed by atoms with Crippen molar-refractivity contribution in [2.24, 2.45) is 4.99 Å². The summed E-state index contributed by atoms with van der Waals surface area (Å²) in [6.07, 6.45) is 0. The predicted octanol–water partition coefficient (Wildman–Crippen LogP) is 3.22. The molecule has 0 saturated carbocycles. The lowest BCUT2D eigenvalue weighted by atomic mass is 10.1. The summed E-state index contributed by atoms with van der Waals surface area (Å²) in [5.41, 5.74) is 1.18. The first-order valence-electron chi connectivity index (χ1n) is 8.48. The van der Waals surface area contributed by atoms with Crippen LogP contribution in [-0.4, -0.2) is 28.0 Å². The molecule has 8 nitrogen and oxygen atoms in total. The Morgan fingerprint density at radius 1 is 1.25 bits per heavy atom. The number of nitro benzene ring substituents is 1. The van der Waals surface area contributed by atoms with Gasteiger partial charge in [0.1, 0.15) is 6.54 Å². The Morgan fingerprint density at radius 3 is 2.71 bits per heavy atom. The third-order valence-electron chi connectivity index (χ3n) is 4.03. The molecule has 28 heavy (non-hydrogen) atoms. The maximum absolute atomic E-state index is 12.6. The molecule has 0 atom stereocenters. The normalized spacial score (nSPS) is 11.6. The zero-order chi connectivity index (χ0) is 20.3. The molecule has 1 amide bonds. The van der Waals surface area contributed by atoms with Crippen LogP contribution in [0.5, 0.6) is 0 Å². The number of carbonyl (C=O) groups is 2. The summed E-state index contributed by atoms with van der Waals surface area (Å²) in [6.45, 7) is 3.48. The van der Waals surface area contributed by atoms with Gasteiger partial charge in [-0.1, -0.05) is 29.5 Å². The largest absolute Gasteiger partial charge is 0.465 e. The second-order valence-corrected chi connectivity index (χ2v) is 6.93. The van der Waals surface area contributed by atoms with Gasteiger partial charge in [0.15, 0.2) is 4.80 Å². The number of esters is 1. The van der Waals surface area contributed by atoms with Crippen molar-refractivity contribution in [3.63, 3.8) is 0 Å². The number of nitrogens with zero attached hydrogens (tertiary/aromatic N) is 3. The molecule has 3 rings (SSSR count). The molecule has 0 spiro atoms. The van der Waals surface area contributed by atoms with Crippen LogP contribution in [0.25, 0.3) is 10.2 Å². The van der Waals surface area contributed by atoms with Crippen LogP contribution in [0.1, 0.15) is 22.8 Å². The monoisotopic (exact) mass is 399 g/mol. The minimum Gasteiger partial charge on any atom is -0.465 e. The highest BCUT2D eigenvalue weighted by molar-refractivity contribution is 7.16. The van der Waals surface area contributed by atoms with Crippen LogP contribution in [0.2, 0.25) is 0 Å². The molecule has 2 aromatic carbocycles. The molecule has 9 heteroatoms. The molecule has 0 bridgehead atoms. The lowest BCUT2D eigenvalue weighted by Crippen LogP contribution is -2.23. The van der Waals surface area contributed by atoms with Crippen LogP contribution in [0.4, 0.5) is 5.69 Å². The van der Waals surface area contributed by atoms with E-state index in [0.717, 1.165) is 10.2 Å². The maximum atomic E-state index is 12.6. The van der Waals surface area contributed by atoms with Crippen LogP contribution < -0.4 is 4.80 Å². The van der Waals surface area contributed by atoms with Gasteiger partial charge in [-0.3, -0.25) is 19.7 Å². The lowest BCUT2D eigenvalue weighted by molar-refractivity contribution is -0.385. The third-order valence-corrected chi connectivity index (χ3v) is 5.09. The topological polar surface area (TPSA) is 104 Å². The zero-order valence-corrected chi connectivity index (χ0v) is 16.1. The van der Waals surface area contributed by atoms with Gasteiger partial charge in [0.2, 0.25) is 0 Å². The number of hydrogen-bond donors (Lipinski definition) is 0. The molecular formula is C19H17N3O5S. The number of para-hydroxylation sites is 1. The van der Waals surface area contributed by atoms with Crippen molar-refractivity contribution >= 4 is 39.1 Å². The molecule has 0 fully saturated rings. The van der Waals surface area contributed by atoms with Crippen LogP contribution >= 0.6 is 11.3 Å². The number of nitro groups is 1. The van der Waals surface area contributed by atoms with E-state index in [1.807, 2.05) is 24.3 Å². The fourth-order valence-corrected chi connectivity index (χ4v) is 3.71. The second kappa shape index (κ2) is 8.13. The molecule has 1 aromatic heterocycles. The predicted molar refractivity (Wildman–Crippen MR) is 104 cm³/mol. The van der Waals surface area contributed by atoms with E-state index in [1.54, 1.807) is 18.4 Å². The van der Waals surface area contributed by atoms with Gasteiger partial charge in [0.25, 0.3) is 11.6 Å². The van der Waals surface area contributed by atoms with Gasteiger partial charge >= 0.3 is 5.97 Å². The number of amides is 1. The van der Waals surface area contributed by atoms with E-state index >= 15 is 0 Å². The summed E-state index contributed by atoms with van der Waals surface area (Å²) in [5.74, 6) is -1.06. The minimum absolute atomic E-state index is 0.0853. The maximum Gasteiger partial charge on any atom is 0.326 e. The molecule has 0 unspecified atom stereocenters. The van der Waals surface area contributed by atoms with E-state index in [2.05, 4.69) is 4.99 Å². The molecular weight excluding hydrogens is 382 g/mol.